The van der Waals surface area contributed by atoms with Crippen LogP contribution in [0.4, 0.5) is 0 Å². The molecule has 0 aromatic heterocycles. The van der Waals surface area contributed by atoms with Crippen LogP contribution in [0.25, 0.3) is 0 Å². The Hall–Kier alpha value is -1.26. The fraction of sp³-hybridized carbons (Fsp3) is 0.588. The van der Waals surface area contributed by atoms with Crippen LogP contribution in [0.5, 0.6) is 5.75 Å². The van der Waals surface area contributed by atoms with Gasteiger partial charge in [0.1, 0.15) is 5.75 Å². The lowest BCUT2D eigenvalue weighted by Crippen LogP contribution is -2.40. The maximum Gasteiger partial charge on any atom is 0.220 e. The summed E-state index contributed by atoms with van der Waals surface area (Å²) < 4.78 is 5.23. The highest BCUT2D eigenvalue weighted by Gasteiger charge is 2.27. The van der Waals surface area contributed by atoms with Crippen molar-refractivity contribution in [2.24, 2.45) is 11.7 Å². The van der Waals surface area contributed by atoms with Crippen LogP contribution >= 0.6 is 12.4 Å². The summed E-state index contributed by atoms with van der Waals surface area (Å²) in [6, 6.07) is 8.18. The van der Waals surface area contributed by atoms with Gasteiger partial charge in [0.2, 0.25) is 5.91 Å². The molecular weight excluding hydrogens is 300 g/mol. The number of ether oxygens (including phenoxy) is 1. The first-order chi connectivity index (χ1) is 10.1. The van der Waals surface area contributed by atoms with E-state index in [4.69, 9.17) is 10.5 Å². The number of hydrogen-bond acceptors (Lipinski definition) is 3. The molecule has 0 aliphatic heterocycles. The van der Waals surface area contributed by atoms with E-state index in [1.54, 1.807) is 7.11 Å². The van der Waals surface area contributed by atoms with Crippen molar-refractivity contribution in [1.29, 1.82) is 0 Å². The molecule has 1 aromatic rings. The van der Waals surface area contributed by atoms with Gasteiger partial charge in [-0.05, 0) is 48.9 Å². The number of hydrogen-bond donors (Lipinski definition) is 2. The Morgan fingerprint density at radius 3 is 2.91 bits per heavy atom. The number of methoxy groups -OCH3 is 1. The van der Waals surface area contributed by atoms with Gasteiger partial charge in [0.15, 0.2) is 0 Å². The summed E-state index contributed by atoms with van der Waals surface area (Å²) in [7, 11) is 1.66. The summed E-state index contributed by atoms with van der Waals surface area (Å²) in [6.45, 7) is 2.74. The minimum Gasteiger partial charge on any atom is -0.497 e. The highest BCUT2D eigenvalue weighted by Crippen LogP contribution is 2.26. The van der Waals surface area contributed by atoms with Gasteiger partial charge in [-0.3, -0.25) is 4.79 Å². The number of nitrogens with one attached hydrogen (secondary N) is 1. The first kappa shape index (κ1) is 18.8. The number of halogens is 1. The molecule has 22 heavy (non-hydrogen) atoms. The van der Waals surface area contributed by atoms with E-state index in [0.29, 0.717) is 18.9 Å². The van der Waals surface area contributed by atoms with Crippen LogP contribution in [-0.4, -0.2) is 25.6 Å². The lowest BCUT2D eigenvalue weighted by molar-refractivity contribution is -0.122. The van der Waals surface area contributed by atoms with Gasteiger partial charge in [0, 0.05) is 12.5 Å². The third-order valence-electron chi connectivity index (χ3n) is 4.46. The lowest BCUT2D eigenvalue weighted by atomic mass is 9.96. The van der Waals surface area contributed by atoms with Crippen molar-refractivity contribution in [2.45, 2.75) is 44.6 Å². The van der Waals surface area contributed by atoms with Crippen molar-refractivity contribution >= 4 is 18.3 Å². The van der Waals surface area contributed by atoms with Gasteiger partial charge in [-0.1, -0.05) is 25.5 Å². The molecule has 124 valence electrons. The van der Waals surface area contributed by atoms with Crippen LogP contribution in [0.2, 0.25) is 0 Å². The van der Waals surface area contributed by atoms with Gasteiger partial charge in [-0.2, -0.15) is 0 Å². The Morgan fingerprint density at radius 2 is 2.23 bits per heavy atom. The average Bonchev–Trinajstić information content (AvgIpc) is 2.94. The zero-order chi connectivity index (χ0) is 15.2. The summed E-state index contributed by atoms with van der Waals surface area (Å²) in [4.78, 5) is 12.2. The molecule has 4 nitrogen and oxygen atoms in total. The van der Waals surface area contributed by atoms with Crippen molar-refractivity contribution in [3.8, 4) is 5.75 Å². The van der Waals surface area contributed by atoms with Gasteiger partial charge in [-0.15, -0.1) is 12.4 Å². The molecule has 1 aromatic carbocycles. The molecule has 3 unspecified atom stereocenters. The molecule has 2 rings (SSSR count). The van der Waals surface area contributed by atoms with Crippen molar-refractivity contribution in [3.63, 3.8) is 0 Å². The Kier molecular flexibility index (Phi) is 7.69. The zero-order valence-electron chi connectivity index (χ0n) is 13.4. The van der Waals surface area contributed by atoms with Crippen molar-refractivity contribution in [2.75, 3.05) is 13.7 Å². The molecule has 1 aliphatic rings. The standard InChI is InChI=1S/C17H26N2O2.ClH/c1-12(13-5-3-7-15(10-13)21-2)9-17(20)19-16-8-4-6-14(16)11-18;/h3,5,7,10,12,14,16H,4,6,8-9,11,18H2,1-2H3,(H,19,20);1H. The number of amides is 1. The van der Waals surface area contributed by atoms with Gasteiger partial charge < -0.3 is 15.8 Å². The van der Waals surface area contributed by atoms with E-state index in [1.807, 2.05) is 24.3 Å². The van der Waals surface area contributed by atoms with Gasteiger partial charge in [-0.25, -0.2) is 0 Å². The molecule has 0 heterocycles. The second-order valence-corrected chi connectivity index (χ2v) is 5.98. The highest BCUT2D eigenvalue weighted by atomic mass is 35.5. The number of benzene rings is 1. The van der Waals surface area contributed by atoms with E-state index in [0.717, 1.165) is 30.6 Å². The Bertz CT molecular complexity index is 481. The Labute approximate surface area is 139 Å². The Morgan fingerprint density at radius 1 is 1.45 bits per heavy atom. The second-order valence-electron chi connectivity index (χ2n) is 5.98. The third-order valence-corrected chi connectivity index (χ3v) is 4.46. The van der Waals surface area contributed by atoms with E-state index in [2.05, 4.69) is 12.2 Å². The second kappa shape index (κ2) is 9.01. The first-order valence-electron chi connectivity index (χ1n) is 7.77. The molecule has 0 saturated heterocycles. The molecule has 5 heteroatoms. The number of carbonyl (C=O) groups is 1. The summed E-state index contributed by atoms with van der Waals surface area (Å²) in [5, 5.41) is 3.16. The predicted molar refractivity (Wildman–Crippen MR) is 91.6 cm³/mol. The topological polar surface area (TPSA) is 64.3 Å². The summed E-state index contributed by atoms with van der Waals surface area (Å²) >= 11 is 0. The van der Waals surface area contributed by atoms with Gasteiger partial charge >= 0.3 is 0 Å². The lowest BCUT2D eigenvalue weighted by Gasteiger charge is -2.21. The minimum absolute atomic E-state index is 0. The van der Waals surface area contributed by atoms with Crippen LogP contribution in [0.15, 0.2) is 24.3 Å². The number of carbonyl (C=O) groups excluding carboxylic acids is 1. The number of rotatable bonds is 6. The van der Waals surface area contributed by atoms with E-state index >= 15 is 0 Å². The largest absolute Gasteiger partial charge is 0.497 e. The fourth-order valence-electron chi connectivity index (χ4n) is 3.12. The van der Waals surface area contributed by atoms with Crippen molar-refractivity contribution < 1.29 is 9.53 Å². The van der Waals surface area contributed by atoms with Crippen LogP contribution in [0.1, 0.15) is 44.1 Å². The average molecular weight is 327 g/mol. The molecule has 3 atom stereocenters. The SMILES string of the molecule is COc1cccc(C(C)CC(=O)NC2CCCC2CN)c1.Cl. The molecule has 0 spiro atoms. The monoisotopic (exact) mass is 326 g/mol. The molecule has 0 radical (unpaired) electrons. The predicted octanol–water partition coefficient (Wildman–Crippen LogP) is 2.85. The van der Waals surface area contributed by atoms with Crippen LogP contribution in [0.3, 0.4) is 0 Å². The minimum atomic E-state index is 0. The summed E-state index contributed by atoms with van der Waals surface area (Å²) in [5.74, 6) is 1.58. The molecule has 1 saturated carbocycles. The molecule has 1 aliphatic carbocycles. The number of nitrogens with two attached hydrogens (primary N) is 1. The third kappa shape index (κ3) is 4.89. The molecule has 1 amide bonds. The van der Waals surface area contributed by atoms with E-state index in [1.165, 1.54) is 0 Å². The first-order valence-corrected chi connectivity index (χ1v) is 7.77. The van der Waals surface area contributed by atoms with Crippen LogP contribution in [0, 0.1) is 5.92 Å². The summed E-state index contributed by atoms with van der Waals surface area (Å²) in [6.07, 6.45) is 3.85. The van der Waals surface area contributed by atoms with E-state index in [9.17, 15) is 4.79 Å². The van der Waals surface area contributed by atoms with Crippen molar-refractivity contribution in [3.05, 3.63) is 29.8 Å². The Balaban J connectivity index is 0.00000242. The maximum atomic E-state index is 12.2. The fourth-order valence-corrected chi connectivity index (χ4v) is 3.12. The highest BCUT2D eigenvalue weighted by molar-refractivity contribution is 5.85. The van der Waals surface area contributed by atoms with E-state index in [-0.39, 0.29) is 30.3 Å². The normalized spacial score (nSPS) is 21.8. The van der Waals surface area contributed by atoms with Crippen molar-refractivity contribution in [1.82, 2.24) is 5.32 Å². The molecular formula is C17H27ClN2O2. The zero-order valence-corrected chi connectivity index (χ0v) is 14.2. The van der Waals surface area contributed by atoms with Gasteiger partial charge in [0.05, 0.1) is 7.11 Å². The maximum absolute atomic E-state index is 12.2. The quantitative estimate of drug-likeness (QED) is 0.845. The van der Waals surface area contributed by atoms with E-state index < -0.39 is 0 Å². The molecule has 1 fully saturated rings. The van der Waals surface area contributed by atoms with Crippen LogP contribution < -0.4 is 15.8 Å². The molecule has 0 bridgehead atoms. The molecule has 3 N–H and O–H groups in total. The summed E-state index contributed by atoms with van der Waals surface area (Å²) in [5.41, 5.74) is 6.89. The smallest absolute Gasteiger partial charge is 0.220 e. The van der Waals surface area contributed by atoms with Gasteiger partial charge in [0.25, 0.3) is 0 Å². The van der Waals surface area contributed by atoms with Crippen LogP contribution in [-0.2, 0) is 4.79 Å².